The quantitative estimate of drug-likeness (QED) is 0.340. The minimum atomic E-state index is -0.689. The van der Waals surface area contributed by atoms with Gasteiger partial charge in [-0.2, -0.15) is 0 Å². The van der Waals surface area contributed by atoms with Crippen molar-refractivity contribution in [2.45, 2.75) is 13.8 Å². The van der Waals surface area contributed by atoms with Crippen molar-refractivity contribution in [2.75, 3.05) is 10.3 Å². The predicted molar refractivity (Wildman–Crippen MR) is 124 cm³/mol. The lowest BCUT2D eigenvalue weighted by Crippen LogP contribution is -2.36. The molecule has 3 rings (SSSR count). The molecule has 1 unspecified atom stereocenters. The van der Waals surface area contributed by atoms with E-state index in [4.69, 9.17) is 69.6 Å². The van der Waals surface area contributed by atoms with E-state index in [1.165, 1.54) is 6.92 Å². The van der Waals surface area contributed by atoms with Gasteiger partial charge in [0, 0.05) is 12.6 Å². The van der Waals surface area contributed by atoms with Crippen LogP contribution in [0.5, 0.6) is 0 Å². The van der Waals surface area contributed by atoms with Gasteiger partial charge < -0.3 is 5.32 Å². The van der Waals surface area contributed by atoms with Crippen molar-refractivity contribution < 1.29 is 9.59 Å². The lowest BCUT2D eigenvalue weighted by molar-refractivity contribution is -0.119. The van der Waals surface area contributed by atoms with Crippen LogP contribution in [-0.2, 0) is 9.59 Å². The number of carbonyl (C=O) groups is 2. The fourth-order valence-electron chi connectivity index (χ4n) is 2.66. The minimum absolute atomic E-state index is 0.0211. The standard InChI is InChI=1S/C18H12Cl6N4O2/c1-6-17(26-10-5-8(25-7(2)29)3-4-9(10)19)27-28(18(6)30)16-14(23)12(21)11(20)13(22)15(16)24/h3-6H,1-2H3,(H,25,29)(H,26,27). The molecule has 0 aromatic heterocycles. The SMILES string of the molecule is CC(=O)Nc1ccc(Cl)c(N=C2NN(c3c(Cl)c(Cl)c(Cl)c(Cl)c3Cl)C(=O)C2C)c1. The Hall–Kier alpha value is -1.41. The molecule has 1 atom stereocenters. The van der Waals surface area contributed by atoms with E-state index in [1.54, 1.807) is 25.1 Å². The molecule has 0 aliphatic carbocycles. The van der Waals surface area contributed by atoms with Crippen LogP contribution in [-0.4, -0.2) is 17.6 Å². The molecule has 158 valence electrons. The normalized spacial score (nSPS) is 17.5. The van der Waals surface area contributed by atoms with Gasteiger partial charge in [-0.05, 0) is 25.1 Å². The lowest BCUT2D eigenvalue weighted by atomic mass is 10.1. The van der Waals surface area contributed by atoms with Crippen LogP contribution in [0.1, 0.15) is 13.8 Å². The fourth-order valence-corrected chi connectivity index (χ4v) is 4.12. The number of amides is 2. The van der Waals surface area contributed by atoms with E-state index in [2.05, 4.69) is 15.7 Å². The lowest BCUT2D eigenvalue weighted by Gasteiger charge is -2.21. The third-order valence-corrected chi connectivity index (χ3v) is 6.72. The van der Waals surface area contributed by atoms with Crippen LogP contribution in [0.4, 0.5) is 17.1 Å². The first kappa shape index (κ1) is 23.3. The summed E-state index contributed by atoms with van der Waals surface area (Å²) >= 11 is 37.0. The highest BCUT2D eigenvalue weighted by Crippen LogP contribution is 2.48. The van der Waals surface area contributed by atoms with Crippen LogP contribution in [0, 0.1) is 5.92 Å². The fraction of sp³-hybridized carbons (Fsp3) is 0.167. The Labute approximate surface area is 202 Å². The van der Waals surface area contributed by atoms with Crippen LogP contribution >= 0.6 is 69.6 Å². The van der Waals surface area contributed by atoms with Gasteiger partial charge in [0.1, 0.15) is 11.5 Å². The highest BCUT2D eigenvalue weighted by molar-refractivity contribution is 6.57. The van der Waals surface area contributed by atoms with Crippen LogP contribution in [0.25, 0.3) is 0 Å². The summed E-state index contributed by atoms with van der Waals surface area (Å²) < 4.78 is 0. The first-order chi connectivity index (χ1) is 14.0. The zero-order valence-corrected chi connectivity index (χ0v) is 19.8. The zero-order chi connectivity index (χ0) is 22.3. The highest BCUT2D eigenvalue weighted by atomic mass is 35.5. The van der Waals surface area contributed by atoms with Gasteiger partial charge in [0.2, 0.25) is 5.91 Å². The van der Waals surface area contributed by atoms with Crippen molar-refractivity contribution in [3.8, 4) is 0 Å². The maximum Gasteiger partial charge on any atom is 0.256 e. The summed E-state index contributed by atoms with van der Waals surface area (Å²) in [4.78, 5) is 28.6. The number of aliphatic imine (C=N–C) groups is 1. The number of benzene rings is 2. The van der Waals surface area contributed by atoms with Crippen LogP contribution < -0.4 is 15.8 Å². The van der Waals surface area contributed by atoms with Gasteiger partial charge in [0.05, 0.1) is 41.7 Å². The van der Waals surface area contributed by atoms with E-state index in [1.807, 2.05) is 0 Å². The number of hydrogen-bond acceptors (Lipinski definition) is 3. The van der Waals surface area contributed by atoms with Gasteiger partial charge in [-0.25, -0.2) is 10.0 Å². The second kappa shape index (κ2) is 8.99. The summed E-state index contributed by atoms with van der Waals surface area (Å²) in [7, 11) is 0. The van der Waals surface area contributed by atoms with Crippen LogP contribution in [0.3, 0.4) is 0 Å². The van der Waals surface area contributed by atoms with Gasteiger partial charge in [-0.15, -0.1) is 0 Å². The molecule has 12 heteroatoms. The largest absolute Gasteiger partial charge is 0.326 e. The van der Waals surface area contributed by atoms with Gasteiger partial charge in [-0.1, -0.05) is 69.6 Å². The third kappa shape index (κ3) is 4.31. The maximum absolute atomic E-state index is 12.9. The van der Waals surface area contributed by atoms with Gasteiger partial charge in [-0.3, -0.25) is 15.0 Å². The number of halogens is 6. The van der Waals surface area contributed by atoms with Crippen molar-refractivity contribution in [1.29, 1.82) is 0 Å². The third-order valence-electron chi connectivity index (χ3n) is 4.14. The van der Waals surface area contributed by atoms with E-state index >= 15 is 0 Å². The second-order valence-electron chi connectivity index (χ2n) is 6.27. The van der Waals surface area contributed by atoms with E-state index in [0.717, 1.165) is 5.01 Å². The summed E-state index contributed by atoms with van der Waals surface area (Å²) in [6, 6.07) is 4.79. The van der Waals surface area contributed by atoms with Crippen molar-refractivity contribution >= 4 is 104 Å². The zero-order valence-electron chi connectivity index (χ0n) is 15.3. The molecule has 1 aliphatic heterocycles. The molecule has 0 bridgehead atoms. The molecule has 1 saturated heterocycles. The average Bonchev–Trinajstić information content (AvgIpc) is 2.95. The van der Waals surface area contributed by atoms with E-state index in [-0.39, 0.29) is 42.5 Å². The number of hydrogen-bond donors (Lipinski definition) is 2. The molecule has 1 fully saturated rings. The number of hydrazine groups is 1. The highest BCUT2D eigenvalue weighted by Gasteiger charge is 2.38. The van der Waals surface area contributed by atoms with Gasteiger partial charge >= 0.3 is 0 Å². The van der Waals surface area contributed by atoms with Crippen molar-refractivity contribution in [3.05, 3.63) is 48.3 Å². The number of amidine groups is 1. The molecule has 2 aromatic rings. The number of carbonyl (C=O) groups excluding carboxylic acids is 2. The van der Waals surface area contributed by atoms with Gasteiger partial charge in [0.15, 0.2) is 0 Å². The molecule has 6 nitrogen and oxygen atoms in total. The Bertz CT molecular complexity index is 1080. The van der Waals surface area contributed by atoms with Crippen LogP contribution in [0.2, 0.25) is 30.1 Å². The number of nitrogens with zero attached hydrogens (tertiary/aromatic N) is 2. The minimum Gasteiger partial charge on any atom is -0.326 e. The Morgan fingerprint density at radius 1 is 1.03 bits per heavy atom. The van der Waals surface area contributed by atoms with E-state index < -0.39 is 11.8 Å². The average molecular weight is 529 g/mol. The molecular formula is C18H12Cl6N4O2. The topological polar surface area (TPSA) is 73.8 Å². The molecular weight excluding hydrogens is 517 g/mol. The Morgan fingerprint density at radius 3 is 2.17 bits per heavy atom. The van der Waals surface area contributed by atoms with Crippen molar-refractivity contribution in [3.63, 3.8) is 0 Å². The molecule has 2 amide bonds. The monoisotopic (exact) mass is 526 g/mol. The number of nitrogens with one attached hydrogen (secondary N) is 2. The van der Waals surface area contributed by atoms with Gasteiger partial charge in [0.25, 0.3) is 5.91 Å². The Morgan fingerprint density at radius 2 is 1.60 bits per heavy atom. The second-order valence-corrected chi connectivity index (χ2v) is 8.57. The smallest absolute Gasteiger partial charge is 0.256 e. The van der Waals surface area contributed by atoms with E-state index in [0.29, 0.717) is 16.4 Å². The van der Waals surface area contributed by atoms with Crippen molar-refractivity contribution in [2.24, 2.45) is 10.9 Å². The van der Waals surface area contributed by atoms with E-state index in [9.17, 15) is 9.59 Å². The molecule has 2 N–H and O–H groups in total. The molecule has 2 aromatic carbocycles. The molecule has 0 radical (unpaired) electrons. The summed E-state index contributed by atoms with van der Waals surface area (Å²) in [5.41, 5.74) is 3.76. The Balaban J connectivity index is 2.04. The summed E-state index contributed by atoms with van der Waals surface area (Å²) in [6.07, 6.45) is 0. The van der Waals surface area contributed by atoms with Crippen molar-refractivity contribution in [1.82, 2.24) is 5.43 Å². The number of rotatable bonds is 3. The molecule has 0 spiro atoms. The first-order valence-electron chi connectivity index (χ1n) is 8.30. The number of anilines is 2. The molecule has 0 saturated carbocycles. The summed E-state index contributed by atoms with van der Waals surface area (Å²) in [5, 5.41) is 3.88. The first-order valence-corrected chi connectivity index (χ1v) is 10.6. The summed E-state index contributed by atoms with van der Waals surface area (Å²) in [5.74, 6) is -1.06. The molecule has 1 aliphatic rings. The maximum atomic E-state index is 12.9. The Kier molecular flexibility index (Phi) is 6.97. The molecule has 1 heterocycles. The summed E-state index contributed by atoms with van der Waals surface area (Å²) in [6.45, 7) is 3.02. The predicted octanol–water partition coefficient (Wildman–Crippen LogP) is 6.78. The molecule has 30 heavy (non-hydrogen) atoms. The van der Waals surface area contributed by atoms with Crippen LogP contribution in [0.15, 0.2) is 23.2 Å².